The van der Waals surface area contributed by atoms with Gasteiger partial charge < -0.3 is 15.1 Å². The van der Waals surface area contributed by atoms with E-state index in [-0.39, 0.29) is 23.9 Å². The summed E-state index contributed by atoms with van der Waals surface area (Å²) in [5, 5.41) is 3.16. The molecule has 0 spiro atoms. The van der Waals surface area contributed by atoms with Crippen molar-refractivity contribution >= 4 is 27.7 Å². The smallest absolute Gasteiger partial charge is 0.255 e. The van der Waals surface area contributed by atoms with Crippen LogP contribution in [0.5, 0.6) is 0 Å². The lowest BCUT2D eigenvalue weighted by atomic mass is 10.2. The van der Waals surface area contributed by atoms with Crippen LogP contribution in [0.2, 0.25) is 0 Å². The number of hydrogen-bond acceptors (Lipinski definition) is 3. The highest BCUT2D eigenvalue weighted by atomic mass is 79.9. The fourth-order valence-electron chi connectivity index (χ4n) is 2.16. The molecule has 0 radical (unpaired) electrons. The number of rotatable bonds is 3. The summed E-state index contributed by atoms with van der Waals surface area (Å²) in [5.41, 5.74) is 0.214. The van der Waals surface area contributed by atoms with Gasteiger partial charge in [0, 0.05) is 37.7 Å². The molecular weight excluding hydrogens is 341 g/mol. The molecule has 2 rings (SSSR count). The molecule has 0 unspecified atom stereocenters. The third kappa shape index (κ3) is 4.01. The first-order valence-electron chi connectivity index (χ1n) is 6.68. The van der Waals surface area contributed by atoms with Crippen molar-refractivity contribution in [3.05, 3.63) is 34.1 Å². The van der Waals surface area contributed by atoms with Crippen molar-refractivity contribution < 1.29 is 14.0 Å². The zero-order valence-electron chi connectivity index (χ0n) is 11.7. The van der Waals surface area contributed by atoms with Crippen molar-refractivity contribution in [2.24, 2.45) is 0 Å². The Hall–Kier alpha value is -1.47. The van der Waals surface area contributed by atoms with Gasteiger partial charge in [-0.1, -0.05) is 0 Å². The fraction of sp³-hybridized carbons (Fsp3) is 0.429. The van der Waals surface area contributed by atoms with Crippen LogP contribution in [0.15, 0.2) is 22.7 Å². The largest absolute Gasteiger partial charge is 0.339 e. The van der Waals surface area contributed by atoms with E-state index >= 15 is 0 Å². The van der Waals surface area contributed by atoms with Gasteiger partial charge in [-0.2, -0.15) is 0 Å². The molecular formula is C14H17BrFN3O2. The molecule has 1 heterocycles. The number of likely N-dealkylation sites (N-methyl/N-ethyl adjacent to an activating group) is 1. The van der Waals surface area contributed by atoms with E-state index in [2.05, 4.69) is 21.2 Å². The minimum absolute atomic E-state index is 0.0121. The van der Waals surface area contributed by atoms with Gasteiger partial charge in [0.15, 0.2) is 0 Å². The summed E-state index contributed by atoms with van der Waals surface area (Å²) in [4.78, 5) is 27.4. The quantitative estimate of drug-likeness (QED) is 0.880. The standard InChI is InChI=1S/C14H17BrFN3O2/c1-18(9-13(20)19-6-4-17-5-7-19)14(21)11-8-10(16)2-3-12(11)15/h2-3,8,17H,4-7,9H2,1H3. The molecule has 1 aromatic rings. The van der Waals surface area contributed by atoms with E-state index in [4.69, 9.17) is 0 Å². The van der Waals surface area contributed by atoms with Crippen LogP contribution in [-0.2, 0) is 4.79 Å². The number of piperazine rings is 1. The number of halogens is 2. The lowest BCUT2D eigenvalue weighted by molar-refractivity contribution is -0.132. The van der Waals surface area contributed by atoms with E-state index in [1.165, 1.54) is 17.0 Å². The third-order valence-electron chi connectivity index (χ3n) is 3.35. The van der Waals surface area contributed by atoms with Gasteiger partial charge in [-0.25, -0.2) is 4.39 Å². The zero-order valence-corrected chi connectivity index (χ0v) is 13.3. The van der Waals surface area contributed by atoms with Crippen molar-refractivity contribution in [2.75, 3.05) is 39.8 Å². The number of amides is 2. The average Bonchev–Trinajstić information content (AvgIpc) is 2.49. The maximum atomic E-state index is 13.3. The number of carbonyl (C=O) groups excluding carboxylic acids is 2. The first kappa shape index (κ1) is 15.9. The maximum absolute atomic E-state index is 13.3. The maximum Gasteiger partial charge on any atom is 0.255 e. The number of nitrogens with one attached hydrogen (secondary N) is 1. The van der Waals surface area contributed by atoms with Crippen molar-refractivity contribution in [3.8, 4) is 0 Å². The molecule has 0 saturated carbocycles. The Balaban J connectivity index is 2.02. The van der Waals surface area contributed by atoms with Crippen molar-refractivity contribution in [1.82, 2.24) is 15.1 Å². The molecule has 1 aliphatic heterocycles. The Morgan fingerprint density at radius 3 is 2.71 bits per heavy atom. The van der Waals surface area contributed by atoms with Crippen LogP contribution < -0.4 is 5.32 Å². The van der Waals surface area contributed by atoms with Crippen molar-refractivity contribution in [2.45, 2.75) is 0 Å². The molecule has 114 valence electrons. The van der Waals surface area contributed by atoms with Crippen molar-refractivity contribution in [1.29, 1.82) is 0 Å². The Labute approximate surface area is 131 Å². The summed E-state index contributed by atoms with van der Waals surface area (Å²) in [6, 6.07) is 3.92. The second kappa shape index (κ2) is 7.00. The van der Waals surface area contributed by atoms with Gasteiger partial charge in [-0.15, -0.1) is 0 Å². The average molecular weight is 358 g/mol. The van der Waals surface area contributed by atoms with Crippen LogP contribution >= 0.6 is 15.9 Å². The molecule has 1 saturated heterocycles. The van der Waals surface area contributed by atoms with Crippen LogP contribution in [0.4, 0.5) is 4.39 Å². The Morgan fingerprint density at radius 2 is 2.05 bits per heavy atom. The molecule has 1 N–H and O–H groups in total. The van der Waals surface area contributed by atoms with Gasteiger partial charge in [-0.3, -0.25) is 9.59 Å². The summed E-state index contributed by atoms with van der Waals surface area (Å²) in [7, 11) is 1.54. The van der Waals surface area contributed by atoms with Gasteiger partial charge in [0.2, 0.25) is 5.91 Å². The van der Waals surface area contributed by atoms with E-state index in [0.29, 0.717) is 17.6 Å². The minimum atomic E-state index is -0.483. The van der Waals surface area contributed by atoms with Crippen LogP contribution in [0.3, 0.4) is 0 Å². The van der Waals surface area contributed by atoms with Gasteiger partial charge in [0.05, 0.1) is 12.1 Å². The Morgan fingerprint density at radius 1 is 1.38 bits per heavy atom. The second-order valence-electron chi connectivity index (χ2n) is 4.92. The van der Waals surface area contributed by atoms with Crippen molar-refractivity contribution in [3.63, 3.8) is 0 Å². The number of hydrogen-bond donors (Lipinski definition) is 1. The normalized spacial score (nSPS) is 14.9. The van der Waals surface area contributed by atoms with Gasteiger partial charge >= 0.3 is 0 Å². The highest BCUT2D eigenvalue weighted by Gasteiger charge is 2.22. The van der Waals surface area contributed by atoms with E-state index in [9.17, 15) is 14.0 Å². The van der Waals surface area contributed by atoms with Gasteiger partial charge in [-0.05, 0) is 34.1 Å². The van der Waals surface area contributed by atoms with Crippen LogP contribution in [-0.4, -0.2) is 61.4 Å². The predicted molar refractivity (Wildman–Crippen MR) is 80.5 cm³/mol. The lowest BCUT2D eigenvalue weighted by Crippen LogP contribution is -2.49. The topological polar surface area (TPSA) is 52.7 Å². The monoisotopic (exact) mass is 357 g/mol. The number of benzene rings is 1. The fourth-order valence-corrected chi connectivity index (χ4v) is 2.57. The van der Waals surface area contributed by atoms with E-state index in [1.807, 2.05) is 0 Å². The lowest BCUT2D eigenvalue weighted by Gasteiger charge is -2.29. The second-order valence-corrected chi connectivity index (χ2v) is 5.77. The SMILES string of the molecule is CN(CC(=O)N1CCNCC1)C(=O)c1cc(F)ccc1Br. The van der Waals surface area contributed by atoms with E-state index in [0.717, 1.165) is 19.2 Å². The predicted octanol–water partition coefficient (Wildman–Crippen LogP) is 1.09. The summed E-state index contributed by atoms with van der Waals surface area (Å²) in [6.07, 6.45) is 0. The molecule has 2 amide bonds. The highest BCUT2D eigenvalue weighted by Crippen LogP contribution is 2.19. The molecule has 1 fully saturated rings. The molecule has 7 heteroatoms. The van der Waals surface area contributed by atoms with Crippen LogP contribution in [0.25, 0.3) is 0 Å². The molecule has 0 aromatic heterocycles. The molecule has 1 aliphatic rings. The minimum Gasteiger partial charge on any atom is -0.339 e. The summed E-state index contributed by atoms with van der Waals surface area (Å²) >= 11 is 3.22. The highest BCUT2D eigenvalue weighted by molar-refractivity contribution is 9.10. The number of carbonyl (C=O) groups is 2. The van der Waals surface area contributed by atoms with E-state index in [1.54, 1.807) is 11.9 Å². The Bertz CT molecular complexity index is 547. The van der Waals surface area contributed by atoms with Gasteiger partial charge in [0.25, 0.3) is 5.91 Å². The summed E-state index contributed by atoms with van der Waals surface area (Å²) < 4.78 is 13.8. The van der Waals surface area contributed by atoms with Crippen LogP contribution in [0, 0.1) is 5.82 Å². The first-order chi connectivity index (χ1) is 9.99. The molecule has 1 aromatic carbocycles. The molecule has 5 nitrogen and oxygen atoms in total. The first-order valence-corrected chi connectivity index (χ1v) is 7.47. The molecule has 0 aliphatic carbocycles. The third-order valence-corrected chi connectivity index (χ3v) is 4.04. The summed E-state index contributed by atoms with van der Waals surface area (Å²) in [6.45, 7) is 2.80. The molecule has 0 bridgehead atoms. The summed E-state index contributed by atoms with van der Waals surface area (Å²) in [5.74, 6) is -0.965. The zero-order chi connectivity index (χ0) is 15.4. The van der Waals surface area contributed by atoms with E-state index < -0.39 is 5.82 Å². The number of nitrogens with zero attached hydrogens (tertiary/aromatic N) is 2. The molecule has 0 atom stereocenters. The van der Waals surface area contributed by atoms with Gasteiger partial charge in [0.1, 0.15) is 5.82 Å². The van der Waals surface area contributed by atoms with Crippen LogP contribution in [0.1, 0.15) is 10.4 Å². The molecule has 21 heavy (non-hydrogen) atoms. The Kier molecular flexibility index (Phi) is 5.30.